The van der Waals surface area contributed by atoms with Crippen molar-refractivity contribution < 1.29 is 56.8 Å². The number of aliphatic carboxylic acids is 2. The van der Waals surface area contributed by atoms with Gasteiger partial charge < -0.3 is 34.8 Å². The van der Waals surface area contributed by atoms with Gasteiger partial charge in [-0.3, -0.25) is 9.59 Å². The summed E-state index contributed by atoms with van der Waals surface area (Å²) < 4.78 is 69.2. The molecule has 0 aliphatic carbocycles. The highest BCUT2D eigenvalue weighted by molar-refractivity contribution is 5.83. The Morgan fingerprint density at radius 1 is 0.814 bits per heavy atom. The van der Waals surface area contributed by atoms with Crippen molar-refractivity contribution in [1.82, 2.24) is 19.4 Å². The second kappa shape index (κ2) is 19.6. The minimum Gasteiger partial charge on any atom is -0.479 e. The largest absolute Gasteiger partial charge is 0.479 e. The van der Waals surface area contributed by atoms with Crippen molar-refractivity contribution in [2.75, 3.05) is 26.2 Å². The molecule has 0 saturated carbocycles. The molecule has 17 heteroatoms. The number of alkyl halides is 3. The number of aliphatic hydroxyl groups is 2. The summed E-state index contributed by atoms with van der Waals surface area (Å²) in [6, 6.07) is 21.1. The molecule has 0 bridgehead atoms. The summed E-state index contributed by atoms with van der Waals surface area (Å²) >= 11 is 0. The van der Waals surface area contributed by atoms with Gasteiger partial charge in [-0.25, -0.2) is 23.4 Å². The Bertz CT molecular complexity index is 2300. The summed E-state index contributed by atoms with van der Waals surface area (Å²) in [7, 11) is 0. The molecule has 2 aromatic heterocycles. The molecule has 312 valence electrons. The van der Waals surface area contributed by atoms with Crippen LogP contribution in [0.4, 0.5) is 22.0 Å². The molecule has 59 heavy (non-hydrogen) atoms. The van der Waals surface area contributed by atoms with E-state index in [-0.39, 0.29) is 42.8 Å². The van der Waals surface area contributed by atoms with Crippen molar-refractivity contribution in [3.63, 3.8) is 0 Å². The van der Waals surface area contributed by atoms with Crippen LogP contribution in [0.25, 0.3) is 22.2 Å². The number of carbonyl (C=O) groups is 3. The molecular weight excluding hydrogens is 783 g/mol. The maximum atomic E-state index is 14.5. The number of amides is 1. The third-order valence-electron chi connectivity index (χ3n) is 9.84. The highest BCUT2D eigenvalue weighted by Gasteiger charge is 2.30. The van der Waals surface area contributed by atoms with E-state index in [9.17, 15) is 41.1 Å². The number of aromatic nitrogens is 2. The van der Waals surface area contributed by atoms with E-state index in [2.05, 4.69) is 9.88 Å². The van der Waals surface area contributed by atoms with Gasteiger partial charge >= 0.3 is 18.1 Å². The van der Waals surface area contributed by atoms with Gasteiger partial charge in [0.1, 0.15) is 12.2 Å². The molecule has 1 saturated heterocycles. The summed E-state index contributed by atoms with van der Waals surface area (Å²) in [6.07, 6.45) is -4.91. The van der Waals surface area contributed by atoms with Crippen LogP contribution in [0.1, 0.15) is 35.2 Å². The summed E-state index contributed by atoms with van der Waals surface area (Å²) in [6.45, 7) is 3.21. The minimum absolute atomic E-state index is 0.111. The van der Waals surface area contributed by atoms with E-state index in [0.717, 1.165) is 55.3 Å². The fraction of sp³-hybridized carbons (Fsp3) is 0.310. The Morgan fingerprint density at radius 2 is 1.42 bits per heavy atom. The Balaban J connectivity index is 0.000000586. The van der Waals surface area contributed by atoms with Gasteiger partial charge in [-0.05, 0) is 91.4 Å². The zero-order valence-electron chi connectivity index (χ0n) is 31.5. The number of rotatable bonds is 14. The number of carboxylic acids is 2. The maximum Gasteiger partial charge on any atom is 0.416 e. The lowest BCUT2D eigenvalue weighted by Gasteiger charge is -2.27. The molecule has 2 unspecified atom stereocenters. The smallest absolute Gasteiger partial charge is 0.416 e. The van der Waals surface area contributed by atoms with Crippen molar-refractivity contribution in [3.8, 4) is 11.1 Å². The number of hydrogen-bond donors (Lipinski definition) is 4. The summed E-state index contributed by atoms with van der Waals surface area (Å²) in [5, 5.41) is 32.9. The van der Waals surface area contributed by atoms with Gasteiger partial charge in [-0.15, -0.1) is 0 Å². The average molecular weight is 825 g/mol. The maximum absolute atomic E-state index is 14.5. The highest BCUT2D eigenvalue weighted by atomic mass is 19.4. The van der Waals surface area contributed by atoms with Crippen molar-refractivity contribution in [3.05, 3.63) is 135 Å². The van der Waals surface area contributed by atoms with Crippen LogP contribution in [0.3, 0.4) is 0 Å². The number of carboxylic acid groups (broad SMARTS) is 2. The third-order valence-corrected chi connectivity index (χ3v) is 9.84. The van der Waals surface area contributed by atoms with Crippen LogP contribution in [-0.4, -0.2) is 96.0 Å². The molecular formula is C42H41F5N4O8. The molecule has 12 nitrogen and oxygen atoms in total. The van der Waals surface area contributed by atoms with E-state index in [4.69, 9.17) is 20.4 Å². The van der Waals surface area contributed by atoms with E-state index in [0.29, 0.717) is 35.4 Å². The molecule has 1 fully saturated rings. The number of pyridine rings is 2. The first-order chi connectivity index (χ1) is 28.0. The predicted molar refractivity (Wildman–Crippen MR) is 205 cm³/mol. The van der Waals surface area contributed by atoms with Gasteiger partial charge in [-0.2, -0.15) is 13.2 Å². The number of hydrogen-bond acceptors (Lipinski definition) is 8. The molecule has 1 amide bonds. The molecule has 6 rings (SSSR count). The normalized spacial score (nSPS) is 14.0. The number of halogens is 5. The molecule has 4 N–H and O–H groups in total. The number of carbonyl (C=O) groups excluding carboxylic acids is 1. The second-order valence-electron chi connectivity index (χ2n) is 13.9. The molecule has 2 atom stereocenters. The average Bonchev–Trinajstić information content (AvgIpc) is 3.74. The Morgan fingerprint density at radius 3 is 2.02 bits per heavy atom. The third kappa shape index (κ3) is 11.6. The Kier molecular flexibility index (Phi) is 14.6. The predicted octanol–water partition coefficient (Wildman–Crippen LogP) is 5.15. The van der Waals surface area contributed by atoms with E-state index in [1.807, 2.05) is 24.3 Å². The summed E-state index contributed by atoms with van der Waals surface area (Å²) in [5.41, 5.74) is 2.22. The number of aliphatic hydroxyl groups excluding tert-OH is 2. The fourth-order valence-corrected chi connectivity index (χ4v) is 6.58. The quantitative estimate of drug-likeness (QED) is 0.110. The Hall–Kier alpha value is -6.04. The van der Waals surface area contributed by atoms with Crippen molar-refractivity contribution in [1.29, 1.82) is 0 Å². The monoisotopic (exact) mass is 824 g/mol. The highest BCUT2D eigenvalue weighted by Crippen LogP contribution is 2.31. The molecule has 0 spiro atoms. The van der Waals surface area contributed by atoms with Gasteiger partial charge in [0, 0.05) is 37.6 Å². The molecule has 3 aromatic carbocycles. The molecule has 0 radical (unpaired) electrons. The lowest BCUT2D eigenvalue weighted by atomic mass is 10.0. The van der Waals surface area contributed by atoms with Gasteiger partial charge in [0.15, 0.2) is 29.3 Å². The summed E-state index contributed by atoms with van der Waals surface area (Å²) in [5.74, 6) is -5.64. The molecule has 1 aliphatic heterocycles. The lowest BCUT2D eigenvalue weighted by molar-refractivity contribution is -0.165. The van der Waals surface area contributed by atoms with E-state index < -0.39 is 47.5 Å². The SMILES string of the molecule is O=C(Cn1c(CCc2cccc(F)c2F)cc(=O)c2cccnc21)N(CCN1CCCC1)Cc1ccc(-c2ccc(C(F)(F)F)cc2)cc1.O=C(O)C(O)C(O)C(=O)O. The van der Waals surface area contributed by atoms with Gasteiger partial charge in [0.2, 0.25) is 5.91 Å². The standard InChI is InChI=1S/C38H35F5N4O2.C4H6O6/c39-33-7-3-5-29(36(33)40)14-17-31-23-34(48)32-6-4-18-44-37(32)47(31)25-35(49)46(22-21-45-19-1-2-20-45)24-26-8-10-27(11-9-26)28-12-15-30(16-13-28)38(41,42)43;5-1(3(7)8)2(6)4(9)10/h3-13,15-16,18,23H,1-2,14,17,19-22,24-25H2;1-2,5-6H,(H,7,8)(H,9,10). The number of aryl methyl sites for hydroxylation is 2. The fourth-order valence-electron chi connectivity index (χ4n) is 6.58. The van der Waals surface area contributed by atoms with Crippen LogP contribution in [0.15, 0.2) is 95.9 Å². The van der Waals surface area contributed by atoms with Gasteiger partial charge in [0.05, 0.1) is 10.9 Å². The number of benzene rings is 3. The molecule has 5 aromatic rings. The number of likely N-dealkylation sites (tertiary alicyclic amines) is 1. The first kappa shape index (κ1) is 44.1. The number of fused-ring (bicyclic) bond motifs is 1. The zero-order valence-corrected chi connectivity index (χ0v) is 31.5. The van der Waals surface area contributed by atoms with Gasteiger partial charge in [0.25, 0.3) is 0 Å². The van der Waals surface area contributed by atoms with Crippen LogP contribution >= 0.6 is 0 Å². The van der Waals surface area contributed by atoms with Gasteiger partial charge in [-0.1, -0.05) is 48.5 Å². The second-order valence-corrected chi connectivity index (χ2v) is 13.9. The topological polar surface area (TPSA) is 174 Å². The van der Waals surface area contributed by atoms with Crippen molar-refractivity contribution in [2.45, 2.75) is 57.2 Å². The summed E-state index contributed by atoms with van der Waals surface area (Å²) in [4.78, 5) is 55.3. The first-order valence-corrected chi connectivity index (χ1v) is 18.5. The van der Waals surface area contributed by atoms with Crippen molar-refractivity contribution >= 4 is 28.9 Å². The van der Waals surface area contributed by atoms with Crippen LogP contribution in [0.2, 0.25) is 0 Å². The lowest BCUT2D eigenvalue weighted by Crippen LogP contribution is -2.39. The van der Waals surface area contributed by atoms with Crippen molar-refractivity contribution in [2.24, 2.45) is 0 Å². The number of nitrogens with zero attached hydrogens (tertiary/aromatic N) is 4. The first-order valence-electron chi connectivity index (χ1n) is 18.5. The molecule has 3 heterocycles. The van der Waals surface area contributed by atoms with Crippen LogP contribution < -0.4 is 5.43 Å². The van der Waals surface area contributed by atoms with Crippen LogP contribution in [0.5, 0.6) is 0 Å². The van der Waals surface area contributed by atoms with E-state index >= 15 is 0 Å². The van der Waals surface area contributed by atoms with Crippen LogP contribution in [0, 0.1) is 11.6 Å². The zero-order chi connectivity index (χ0) is 42.9. The van der Waals surface area contributed by atoms with E-state index in [1.165, 1.54) is 30.3 Å². The van der Waals surface area contributed by atoms with Crippen LogP contribution in [-0.2, 0) is 46.5 Å². The molecule has 1 aliphatic rings. The Labute approximate surface area is 334 Å². The minimum atomic E-state index is -4.41. The van der Waals surface area contributed by atoms with E-state index in [1.54, 1.807) is 27.8 Å².